The third-order valence-corrected chi connectivity index (χ3v) is 6.74. The summed E-state index contributed by atoms with van der Waals surface area (Å²) in [6.45, 7) is 4.70. The fraction of sp³-hybridized carbons (Fsp3) is 0.357. The molecule has 0 amide bonds. The lowest BCUT2D eigenvalue weighted by molar-refractivity contribution is 0.183. The van der Waals surface area contributed by atoms with Gasteiger partial charge in [0.25, 0.3) is 0 Å². The molecule has 166 valence electrons. The van der Waals surface area contributed by atoms with Crippen LogP contribution in [0.4, 0.5) is 0 Å². The molecule has 0 aromatic heterocycles. The SMILES string of the molecule is Oc1ccc2c(c1)OC[C@H](c1ccccc1)[C@@H]2c1ccc(OCCN2CCCCC2)cc1. The van der Waals surface area contributed by atoms with Crippen molar-refractivity contribution in [1.29, 1.82) is 0 Å². The Morgan fingerprint density at radius 1 is 0.875 bits per heavy atom. The standard InChI is InChI=1S/C28H31NO3/c30-23-11-14-25-27(19-23)32-20-26(21-7-3-1-4-8-21)28(25)22-9-12-24(13-10-22)31-18-17-29-15-5-2-6-16-29/h1,3-4,7-14,19,26,28,30H,2,5-6,15-18,20H2/t26-,28-/m1/s1. The molecule has 1 N–H and O–H groups in total. The van der Waals surface area contributed by atoms with Crippen LogP contribution in [-0.4, -0.2) is 42.9 Å². The fourth-order valence-corrected chi connectivity index (χ4v) is 5.05. The molecule has 2 heterocycles. The van der Waals surface area contributed by atoms with Gasteiger partial charge in [-0.25, -0.2) is 0 Å². The largest absolute Gasteiger partial charge is 0.508 e. The van der Waals surface area contributed by atoms with Gasteiger partial charge in [0, 0.05) is 30.0 Å². The van der Waals surface area contributed by atoms with Crippen LogP contribution >= 0.6 is 0 Å². The van der Waals surface area contributed by atoms with Gasteiger partial charge in [-0.05, 0) is 55.3 Å². The number of phenols is 1. The fourth-order valence-electron chi connectivity index (χ4n) is 5.05. The first-order valence-electron chi connectivity index (χ1n) is 11.7. The van der Waals surface area contributed by atoms with Gasteiger partial charge in [-0.2, -0.15) is 0 Å². The minimum atomic E-state index is 0.157. The maximum atomic E-state index is 9.94. The number of likely N-dealkylation sites (tertiary alicyclic amines) is 1. The number of fused-ring (bicyclic) bond motifs is 1. The topological polar surface area (TPSA) is 41.9 Å². The molecule has 2 aliphatic rings. The second kappa shape index (κ2) is 9.66. The number of hydrogen-bond acceptors (Lipinski definition) is 4. The molecule has 2 aliphatic heterocycles. The summed E-state index contributed by atoms with van der Waals surface area (Å²) in [7, 11) is 0. The molecule has 1 saturated heterocycles. The van der Waals surface area contributed by atoms with Crippen molar-refractivity contribution in [3.05, 3.63) is 89.5 Å². The van der Waals surface area contributed by atoms with E-state index in [1.54, 1.807) is 12.1 Å². The van der Waals surface area contributed by atoms with E-state index in [2.05, 4.69) is 53.4 Å². The lowest BCUT2D eigenvalue weighted by Gasteiger charge is -2.34. The maximum absolute atomic E-state index is 9.94. The first-order valence-corrected chi connectivity index (χ1v) is 11.7. The molecule has 0 spiro atoms. The van der Waals surface area contributed by atoms with Gasteiger partial charge >= 0.3 is 0 Å². The second-order valence-electron chi connectivity index (χ2n) is 8.85. The van der Waals surface area contributed by atoms with Crippen LogP contribution in [0.25, 0.3) is 0 Å². The molecule has 2 atom stereocenters. The van der Waals surface area contributed by atoms with Crippen molar-refractivity contribution in [2.45, 2.75) is 31.1 Å². The summed E-state index contributed by atoms with van der Waals surface area (Å²) in [4.78, 5) is 2.50. The van der Waals surface area contributed by atoms with Crippen molar-refractivity contribution in [1.82, 2.24) is 4.90 Å². The van der Waals surface area contributed by atoms with Crippen LogP contribution in [0, 0.1) is 0 Å². The van der Waals surface area contributed by atoms with E-state index in [-0.39, 0.29) is 17.6 Å². The van der Waals surface area contributed by atoms with E-state index in [1.165, 1.54) is 43.5 Å². The van der Waals surface area contributed by atoms with Gasteiger partial charge in [0.15, 0.2) is 0 Å². The number of nitrogens with zero attached hydrogens (tertiary/aromatic N) is 1. The van der Waals surface area contributed by atoms with E-state index in [0.717, 1.165) is 30.2 Å². The zero-order valence-electron chi connectivity index (χ0n) is 18.5. The van der Waals surface area contributed by atoms with Gasteiger partial charge < -0.3 is 14.6 Å². The highest BCUT2D eigenvalue weighted by Gasteiger charge is 2.33. The zero-order chi connectivity index (χ0) is 21.8. The molecule has 0 radical (unpaired) electrons. The van der Waals surface area contributed by atoms with Crippen LogP contribution in [0.2, 0.25) is 0 Å². The molecule has 32 heavy (non-hydrogen) atoms. The average Bonchev–Trinajstić information content (AvgIpc) is 2.85. The van der Waals surface area contributed by atoms with Crippen LogP contribution in [0.15, 0.2) is 72.8 Å². The molecule has 1 fully saturated rings. The first kappa shape index (κ1) is 20.9. The van der Waals surface area contributed by atoms with Gasteiger partial charge in [-0.15, -0.1) is 0 Å². The highest BCUT2D eigenvalue weighted by molar-refractivity contribution is 5.50. The van der Waals surface area contributed by atoms with Crippen LogP contribution in [0.5, 0.6) is 17.2 Å². The minimum absolute atomic E-state index is 0.157. The van der Waals surface area contributed by atoms with Gasteiger partial charge in [-0.1, -0.05) is 55.0 Å². The molecule has 0 unspecified atom stereocenters. The third-order valence-electron chi connectivity index (χ3n) is 6.74. The Hall–Kier alpha value is -2.98. The van der Waals surface area contributed by atoms with Gasteiger partial charge in [0.05, 0.1) is 6.61 Å². The summed E-state index contributed by atoms with van der Waals surface area (Å²) in [6.07, 6.45) is 3.97. The Kier molecular flexibility index (Phi) is 6.31. The molecule has 0 saturated carbocycles. The van der Waals surface area contributed by atoms with E-state index in [0.29, 0.717) is 6.61 Å². The van der Waals surface area contributed by atoms with E-state index in [4.69, 9.17) is 9.47 Å². The summed E-state index contributed by atoms with van der Waals surface area (Å²) in [6, 6.07) is 24.6. The molecule has 3 aromatic carbocycles. The molecule has 5 rings (SSSR count). The number of piperidine rings is 1. The lowest BCUT2D eigenvalue weighted by atomic mass is 9.76. The second-order valence-corrected chi connectivity index (χ2v) is 8.85. The quantitative estimate of drug-likeness (QED) is 0.557. The third kappa shape index (κ3) is 4.61. The monoisotopic (exact) mass is 429 g/mol. The predicted molar refractivity (Wildman–Crippen MR) is 127 cm³/mol. The Balaban J connectivity index is 1.35. The number of benzene rings is 3. The van der Waals surface area contributed by atoms with Crippen molar-refractivity contribution in [3.8, 4) is 17.2 Å². The smallest absolute Gasteiger partial charge is 0.126 e. The Morgan fingerprint density at radius 2 is 1.66 bits per heavy atom. The number of rotatable bonds is 6. The molecule has 3 aromatic rings. The van der Waals surface area contributed by atoms with Crippen molar-refractivity contribution in [2.75, 3.05) is 32.8 Å². The number of ether oxygens (including phenoxy) is 2. The van der Waals surface area contributed by atoms with Crippen molar-refractivity contribution < 1.29 is 14.6 Å². The number of phenolic OH excluding ortho intramolecular Hbond substituents is 1. The van der Waals surface area contributed by atoms with Crippen molar-refractivity contribution in [2.24, 2.45) is 0 Å². The summed E-state index contributed by atoms with van der Waals surface area (Å²) >= 11 is 0. The van der Waals surface area contributed by atoms with E-state index < -0.39 is 0 Å². The molecule has 0 aliphatic carbocycles. The van der Waals surface area contributed by atoms with E-state index in [1.807, 2.05) is 12.1 Å². The Morgan fingerprint density at radius 3 is 2.44 bits per heavy atom. The highest BCUT2D eigenvalue weighted by atomic mass is 16.5. The van der Waals surface area contributed by atoms with Crippen LogP contribution in [-0.2, 0) is 0 Å². The predicted octanol–water partition coefficient (Wildman–Crippen LogP) is 5.57. The lowest BCUT2D eigenvalue weighted by Crippen LogP contribution is -2.33. The molecule has 4 heteroatoms. The van der Waals surface area contributed by atoms with E-state index in [9.17, 15) is 5.11 Å². The molecular weight excluding hydrogens is 398 g/mol. The van der Waals surface area contributed by atoms with Crippen LogP contribution < -0.4 is 9.47 Å². The Bertz CT molecular complexity index is 1010. The molecule has 0 bridgehead atoms. The molecule has 4 nitrogen and oxygen atoms in total. The zero-order valence-corrected chi connectivity index (χ0v) is 18.5. The van der Waals surface area contributed by atoms with Gasteiger partial charge in [-0.3, -0.25) is 4.90 Å². The number of hydrogen-bond donors (Lipinski definition) is 1. The normalized spacial score (nSPS) is 20.9. The summed E-state index contributed by atoms with van der Waals surface area (Å²) in [5.74, 6) is 2.28. The first-order chi connectivity index (χ1) is 15.8. The molecular formula is C28H31NO3. The Labute approximate surface area is 190 Å². The van der Waals surface area contributed by atoms with Crippen molar-refractivity contribution >= 4 is 0 Å². The average molecular weight is 430 g/mol. The van der Waals surface area contributed by atoms with Gasteiger partial charge in [0.2, 0.25) is 0 Å². The number of aromatic hydroxyl groups is 1. The summed E-state index contributed by atoms with van der Waals surface area (Å²) < 4.78 is 12.1. The van der Waals surface area contributed by atoms with Gasteiger partial charge in [0.1, 0.15) is 23.9 Å². The maximum Gasteiger partial charge on any atom is 0.126 e. The summed E-state index contributed by atoms with van der Waals surface area (Å²) in [5.41, 5.74) is 3.61. The van der Waals surface area contributed by atoms with Crippen LogP contribution in [0.3, 0.4) is 0 Å². The minimum Gasteiger partial charge on any atom is -0.508 e. The van der Waals surface area contributed by atoms with Crippen molar-refractivity contribution in [3.63, 3.8) is 0 Å². The highest BCUT2D eigenvalue weighted by Crippen LogP contribution is 2.47. The van der Waals surface area contributed by atoms with E-state index >= 15 is 0 Å². The summed E-state index contributed by atoms with van der Waals surface area (Å²) in [5, 5.41) is 9.94. The van der Waals surface area contributed by atoms with Crippen LogP contribution in [0.1, 0.15) is 47.8 Å².